The van der Waals surface area contributed by atoms with Crippen molar-refractivity contribution in [3.8, 4) is 35.0 Å². The van der Waals surface area contributed by atoms with Crippen LogP contribution in [0.2, 0.25) is 0 Å². The highest BCUT2D eigenvalue weighted by atomic mass is 16.6. The number of hydrogen-bond donors (Lipinski definition) is 0. The van der Waals surface area contributed by atoms with Gasteiger partial charge in [0, 0.05) is 22.8 Å². The van der Waals surface area contributed by atoms with Crippen molar-refractivity contribution in [1.82, 2.24) is 0 Å². The fourth-order valence-corrected chi connectivity index (χ4v) is 5.46. The largest absolute Gasteiger partial charge is 0.633 e. The zero-order valence-electron chi connectivity index (χ0n) is 21.7. The molecular formula is C36H24BNO2. The molecule has 0 amide bonds. The van der Waals surface area contributed by atoms with Gasteiger partial charge in [0.1, 0.15) is 17.5 Å². The second-order valence-electron chi connectivity index (χ2n) is 9.77. The van der Waals surface area contributed by atoms with E-state index in [1.54, 1.807) is 0 Å². The van der Waals surface area contributed by atoms with Crippen molar-refractivity contribution in [2.45, 2.75) is 6.04 Å². The standard InChI is InChI=1S/C36H24BNO2/c1-2-32(27-14-4-3-5-15-27)38-24-28-16-8-11-19-31(28)37-39-33-22-20-25-12-6-9-17-29(25)35(33)36-30-18-10-7-13-26(30)21-23-34(36)40-37/h1,3-24,32H/t32-/m0/s1. The van der Waals surface area contributed by atoms with Gasteiger partial charge >= 0.3 is 7.12 Å². The molecular weight excluding hydrogens is 489 g/mol. The highest BCUT2D eigenvalue weighted by molar-refractivity contribution is 6.64. The molecule has 6 aromatic rings. The molecule has 0 N–H and O–H groups in total. The van der Waals surface area contributed by atoms with Crippen LogP contribution in [0.1, 0.15) is 17.2 Å². The van der Waals surface area contributed by atoms with E-state index < -0.39 is 7.12 Å². The van der Waals surface area contributed by atoms with Crippen LogP contribution in [0.3, 0.4) is 0 Å². The van der Waals surface area contributed by atoms with Crippen LogP contribution in [0.5, 0.6) is 11.5 Å². The summed E-state index contributed by atoms with van der Waals surface area (Å²) < 4.78 is 13.4. The Hall–Kier alpha value is -5.27. The summed E-state index contributed by atoms with van der Waals surface area (Å²) in [7, 11) is -0.689. The molecule has 0 fully saturated rings. The Labute approximate surface area is 233 Å². The van der Waals surface area contributed by atoms with Crippen LogP contribution in [0.4, 0.5) is 0 Å². The van der Waals surface area contributed by atoms with Gasteiger partial charge in [-0.05, 0) is 44.8 Å². The first-order chi connectivity index (χ1) is 19.8. The van der Waals surface area contributed by atoms with Crippen molar-refractivity contribution in [1.29, 1.82) is 0 Å². The summed E-state index contributed by atoms with van der Waals surface area (Å²) in [6.45, 7) is 0. The molecule has 0 unspecified atom stereocenters. The van der Waals surface area contributed by atoms with E-state index in [0.29, 0.717) is 0 Å². The number of fused-ring (bicyclic) bond motifs is 7. The van der Waals surface area contributed by atoms with Crippen molar-refractivity contribution < 1.29 is 9.31 Å². The van der Waals surface area contributed by atoms with Gasteiger partial charge in [0.25, 0.3) is 0 Å². The summed E-state index contributed by atoms with van der Waals surface area (Å²) in [5.41, 5.74) is 4.80. The molecule has 0 saturated carbocycles. The predicted octanol–water partition coefficient (Wildman–Crippen LogP) is 7.62. The van der Waals surface area contributed by atoms with Crippen molar-refractivity contribution in [2.75, 3.05) is 0 Å². The third-order valence-electron chi connectivity index (χ3n) is 7.39. The van der Waals surface area contributed by atoms with Gasteiger partial charge in [0.05, 0.1) is 0 Å². The fraction of sp³-hybridized carbons (Fsp3) is 0.0278. The summed E-state index contributed by atoms with van der Waals surface area (Å²) in [4.78, 5) is 4.76. The Kier molecular flexibility index (Phi) is 6.03. The third-order valence-corrected chi connectivity index (χ3v) is 7.39. The van der Waals surface area contributed by atoms with Gasteiger partial charge in [-0.3, -0.25) is 4.99 Å². The van der Waals surface area contributed by atoms with Gasteiger partial charge in [-0.2, -0.15) is 0 Å². The lowest BCUT2D eigenvalue weighted by Crippen LogP contribution is -2.44. The van der Waals surface area contributed by atoms with E-state index in [1.165, 1.54) is 0 Å². The van der Waals surface area contributed by atoms with Crippen molar-refractivity contribution in [3.05, 3.63) is 139 Å². The number of hydrogen-bond acceptors (Lipinski definition) is 3. The first-order valence-electron chi connectivity index (χ1n) is 13.3. The molecule has 1 aliphatic rings. The lowest BCUT2D eigenvalue weighted by atomic mass is 9.75. The van der Waals surface area contributed by atoms with E-state index in [-0.39, 0.29) is 6.04 Å². The summed E-state index contributed by atoms with van der Waals surface area (Å²) in [6.07, 6.45) is 7.68. The molecule has 0 radical (unpaired) electrons. The zero-order valence-corrected chi connectivity index (χ0v) is 21.7. The fourth-order valence-electron chi connectivity index (χ4n) is 5.46. The van der Waals surface area contributed by atoms with Crippen molar-refractivity contribution in [3.63, 3.8) is 0 Å². The molecule has 7 rings (SSSR count). The average Bonchev–Trinajstić information content (AvgIpc) is 3.19. The Morgan fingerprint density at radius 2 is 1.18 bits per heavy atom. The molecule has 6 aromatic carbocycles. The maximum absolute atomic E-state index is 6.72. The molecule has 0 aromatic heterocycles. The van der Waals surface area contributed by atoms with E-state index in [0.717, 1.165) is 60.8 Å². The van der Waals surface area contributed by atoms with Gasteiger partial charge in [0.15, 0.2) is 0 Å². The first kappa shape index (κ1) is 23.8. The van der Waals surface area contributed by atoms with Crippen LogP contribution in [0.25, 0.3) is 32.7 Å². The SMILES string of the molecule is C#C[C@H](N=Cc1ccccc1B1Oc2ccc3ccccc3c2-c2c(ccc3ccccc23)O1)c1ccccc1. The van der Waals surface area contributed by atoms with Crippen LogP contribution < -0.4 is 14.8 Å². The number of benzene rings is 6. The lowest BCUT2D eigenvalue weighted by molar-refractivity contribution is 0.448. The van der Waals surface area contributed by atoms with Gasteiger partial charge in [-0.15, -0.1) is 6.42 Å². The molecule has 0 bridgehead atoms. The summed E-state index contributed by atoms with van der Waals surface area (Å²) >= 11 is 0. The van der Waals surface area contributed by atoms with E-state index in [2.05, 4.69) is 66.6 Å². The molecule has 40 heavy (non-hydrogen) atoms. The number of terminal acetylenes is 1. The van der Waals surface area contributed by atoms with Gasteiger partial charge in [-0.1, -0.05) is 121 Å². The number of nitrogens with zero attached hydrogens (tertiary/aromatic N) is 1. The van der Waals surface area contributed by atoms with E-state index in [1.807, 2.05) is 72.9 Å². The van der Waals surface area contributed by atoms with Crippen LogP contribution in [0, 0.1) is 12.3 Å². The highest BCUT2D eigenvalue weighted by Gasteiger charge is 2.34. The minimum Gasteiger partial charge on any atom is -0.521 e. The molecule has 188 valence electrons. The number of aliphatic imine (C=N–C) groups is 1. The highest BCUT2D eigenvalue weighted by Crippen LogP contribution is 2.47. The maximum atomic E-state index is 6.72. The van der Waals surface area contributed by atoms with Crippen LogP contribution in [0.15, 0.2) is 132 Å². The van der Waals surface area contributed by atoms with Crippen molar-refractivity contribution >= 4 is 40.3 Å². The molecule has 3 nitrogen and oxygen atoms in total. The Bertz CT molecular complexity index is 1850. The predicted molar refractivity (Wildman–Crippen MR) is 166 cm³/mol. The number of rotatable bonds is 4. The third kappa shape index (κ3) is 4.19. The molecule has 1 heterocycles. The Balaban J connectivity index is 1.38. The topological polar surface area (TPSA) is 30.8 Å². The van der Waals surface area contributed by atoms with Crippen LogP contribution in [-0.4, -0.2) is 13.3 Å². The van der Waals surface area contributed by atoms with E-state index in [9.17, 15) is 0 Å². The summed E-state index contributed by atoms with van der Waals surface area (Å²) in [5, 5.41) is 4.54. The van der Waals surface area contributed by atoms with Gasteiger partial charge < -0.3 is 9.31 Å². The smallest absolute Gasteiger partial charge is 0.521 e. The van der Waals surface area contributed by atoms with Crippen molar-refractivity contribution in [2.24, 2.45) is 4.99 Å². The minimum atomic E-state index is -0.689. The zero-order chi connectivity index (χ0) is 26.9. The molecule has 1 aliphatic heterocycles. The second kappa shape index (κ2) is 10.1. The van der Waals surface area contributed by atoms with Crippen LogP contribution in [-0.2, 0) is 0 Å². The molecule has 0 aliphatic carbocycles. The molecule has 0 spiro atoms. The minimum absolute atomic E-state index is 0.385. The first-order valence-corrected chi connectivity index (χ1v) is 13.3. The summed E-state index contributed by atoms with van der Waals surface area (Å²) in [5.74, 6) is 4.35. The monoisotopic (exact) mass is 513 g/mol. The summed E-state index contributed by atoms with van der Waals surface area (Å²) in [6, 6.07) is 42.6. The Morgan fingerprint density at radius 3 is 1.80 bits per heavy atom. The van der Waals surface area contributed by atoms with Crippen LogP contribution >= 0.6 is 0 Å². The average molecular weight is 513 g/mol. The molecule has 0 saturated heterocycles. The quantitative estimate of drug-likeness (QED) is 0.138. The second-order valence-corrected chi connectivity index (χ2v) is 9.77. The van der Waals surface area contributed by atoms with Gasteiger partial charge in [0.2, 0.25) is 0 Å². The Morgan fingerprint density at radius 1 is 0.625 bits per heavy atom. The maximum Gasteiger partial charge on any atom is 0.633 e. The molecule has 1 atom stereocenters. The lowest BCUT2D eigenvalue weighted by Gasteiger charge is -2.16. The van der Waals surface area contributed by atoms with Gasteiger partial charge in [-0.25, -0.2) is 0 Å². The van der Waals surface area contributed by atoms with E-state index in [4.69, 9.17) is 20.7 Å². The normalized spacial score (nSPS) is 13.1. The molecule has 4 heteroatoms. The van der Waals surface area contributed by atoms with E-state index >= 15 is 0 Å².